The maximum absolute atomic E-state index is 11.7. The minimum absolute atomic E-state index is 0.317. The van der Waals surface area contributed by atoms with Crippen LogP contribution >= 0.6 is 0 Å². The third kappa shape index (κ3) is 19.1. The van der Waals surface area contributed by atoms with Gasteiger partial charge in [0.15, 0.2) is 0 Å². The molecule has 0 aromatic rings. The van der Waals surface area contributed by atoms with E-state index >= 15 is 0 Å². The summed E-state index contributed by atoms with van der Waals surface area (Å²) in [6, 6.07) is 0. The number of carboxylic acids is 1. The molecular formula is C20H38O3. The Kier molecular flexibility index (Phi) is 16.8. The Hall–Kier alpha value is -0.860. The molecule has 0 unspecified atom stereocenters. The monoisotopic (exact) mass is 326 g/mol. The normalized spacial score (nSPS) is 10.8. The van der Waals surface area contributed by atoms with E-state index in [-0.39, 0.29) is 0 Å². The maximum atomic E-state index is 11.7. The van der Waals surface area contributed by atoms with Gasteiger partial charge in [-0.3, -0.25) is 9.59 Å². The summed E-state index contributed by atoms with van der Waals surface area (Å²) in [7, 11) is 0. The topological polar surface area (TPSA) is 54.4 Å². The third-order valence-electron chi connectivity index (χ3n) is 4.41. The van der Waals surface area contributed by atoms with Crippen LogP contribution in [0.25, 0.3) is 0 Å². The van der Waals surface area contributed by atoms with E-state index < -0.39 is 5.97 Å². The van der Waals surface area contributed by atoms with Crippen molar-refractivity contribution in [1.82, 2.24) is 0 Å². The first kappa shape index (κ1) is 22.1. The van der Waals surface area contributed by atoms with E-state index in [4.69, 9.17) is 5.11 Å². The van der Waals surface area contributed by atoms with Gasteiger partial charge in [0.25, 0.3) is 0 Å². The lowest BCUT2D eigenvalue weighted by Gasteiger charge is -2.03. The van der Waals surface area contributed by atoms with E-state index in [1.54, 1.807) is 0 Å². The summed E-state index contributed by atoms with van der Waals surface area (Å²) in [4.78, 5) is 22.0. The molecule has 0 spiro atoms. The van der Waals surface area contributed by atoms with Crippen LogP contribution in [0.1, 0.15) is 116 Å². The van der Waals surface area contributed by atoms with Crippen molar-refractivity contribution in [2.24, 2.45) is 0 Å². The standard InChI is InChI=1S/C20H38O3/c1-2-3-4-13-16-19(21)17-14-11-9-7-5-6-8-10-12-15-18-20(22)23/h2-18H2,1H3,(H,22,23). The summed E-state index contributed by atoms with van der Waals surface area (Å²) < 4.78 is 0. The van der Waals surface area contributed by atoms with Gasteiger partial charge < -0.3 is 5.11 Å². The predicted octanol–water partition coefficient (Wildman–Crippen LogP) is 6.29. The van der Waals surface area contributed by atoms with Crippen LogP contribution in [0.4, 0.5) is 0 Å². The average molecular weight is 327 g/mol. The number of carbonyl (C=O) groups is 2. The molecule has 0 aromatic heterocycles. The second kappa shape index (κ2) is 17.5. The highest BCUT2D eigenvalue weighted by molar-refractivity contribution is 5.78. The van der Waals surface area contributed by atoms with Crippen LogP contribution < -0.4 is 0 Å². The van der Waals surface area contributed by atoms with Gasteiger partial charge in [0.1, 0.15) is 5.78 Å². The summed E-state index contributed by atoms with van der Waals surface area (Å²) in [5.74, 6) is -0.216. The first-order valence-electron chi connectivity index (χ1n) is 9.90. The Morgan fingerprint density at radius 1 is 0.565 bits per heavy atom. The molecule has 3 heteroatoms. The third-order valence-corrected chi connectivity index (χ3v) is 4.41. The minimum atomic E-state index is -0.676. The first-order chi connectivity index (χ1) is 11.2. The Morgan fingerprint density at radius 2 is 0.913 bits per heavy atom. The number of rotatable bonds is 18. The highest BCUT2D eigenvalue weighted by Crippen LogP contribution is 2.13. The zero-order valence-corrected chi connectivity index (χ0v) is 15.3. The number of Topliss-reactive ketones (excluding diaryl/α,β-unsaturated/α-hetero) is 1. The largest absolute Gasteiger partial charge is 0.481 e. The maximum Gasteiger partial charge on any atom is 0.303 e. The smallest absolute Gasteiger partial charge is 0.303 e. The summed E-state index contributed by atoms with van der Waals surface area (Å²) >= 11 is 0. The molecule has 0 amide bonds. The number of hydrogen-bond donors (Lipinski definition) is 1. The molecule has 0 aliphatic rings. The number of aliphatic carboxylic acids is 1. The van der Waals surface area contributed by atoms with Gasteiger partial charge in [-0.15, -0.1) is 0 Å². The summed E-state index contributed by atoms with van der Waals surface area (Å²) in [5, 5.41) is 8.53. The molecule has 0 saturated heterocycles. The fraction of sp³-hybridized carbons (Fsp3) is 0.900. The SMILES string of the molecule is CCCCCCC(=O)CCCCCCCCCCCCC(=O)O. The number of carboxylic acid groups (broad SMARTS) is 1. The lowest BCUT2D eigenvalue weighted by atomic mass is 10.0. The number of unbranched alkanes of at least 4 members (excludes halogenated alkanes) is 12. The molecular weight excluding hydrogens is 288 g/mol. The average Bonchev–Trinajstić information content (AvgIpc) is 2.52. The van der Waals surface area contributed by atoms with E-state index in [1.165, 1.54) is 64.2 Å². The van der Waals surface area contributed by atoms with Crippen LogP contribution in [0.2, 0.25) is 0 Å². The predicted molar refractivity (Wildman–Crippen MR) is 96.8 cm³/mol. The van der Waals surface area contributed by atoms with Gasteiger partial charge in [-0.1, -0.05) is 77.6 Å². The van der Waals surface area contributed by atoms with Crippen molar-refractivity contribution < 1.29 is 14.7 Å². The zero-order chi connectivity index (χ0) is 17.2. The van der Waals surface area contributed by atoms with Crippen molar-refractivity contribution in [3.63, 3.8) is 0 Å². The van der Waals surface area contributed by atoms with Crippen molar-refractivity contribution >= 4 is 11.8 Å². The quantitative estimate of drug-likeness (QED) is 0.301. The Morgan fingerprint density at radius 3 is 1.30 bits per heavy atom. The molecule has 136 valence electrons. The molecule has 0 saturated carbocycles. The molecule has 1 N–H and O–H groups in total. The molecule has 0 fully saturated rings. The van der Waals surface area contributed by atoms with Gasteiger partial charge in [0.2, 0.25) is 0 Å². The van der Waals surface area contributed by atoms with E-state index in [1.807, 2.05) is 0 Å². The van der Waals surface area contributed by atoms with Crippen LogP contribution in [0.15, 0.2) is 0 Å². The van der Waals surface area contributed by atoms with Gasteiger partial charge >= 0.3 is 5.97 Å². The summed E-state index contributed by atoms with van der Waals surface area (Å²) in [6.07, 6.45) is 18.3. The fourth-order valence-electron chi connectivity index (χ4n) is 2.89. The lowest BCUT2D eigenvalue weighted by molar-refractivity contribution is -0.137. The second-order valence-electron chi connectivity index (χ2n) is 6.78. The fourth-order valence-corrected chi connectivity index (χ4v) is 2.89. The zero-order valence-electron chi connectivity index (χ0n) is 15.3. The Bertz CT molecular complexity index is 287. The van der Waals surface area contributed by atoms with Crippen LogP contribution in [-0.4, -0.2) is 16.9 Å². The van der Waals surface area contributed by atoms with E-state index in [9.17, 15) is 9.59 Å². The van der Waals surface area contributed by atoms with Crippen molar-refractivity contribution in [2.75, 3.05) is 0 Å². The molecule has 0 bridgehead atoms. The molecule has 0 aliphatic heterocycles. The highest BCUT2D eigenvalue weighted by Gasteiger charge is 2.01. The summed E-state index contributed by atoms with van der Waals surface area (Å²) in [5.41, 5.74) is 0. The van der Waals surface area contributed by atoms with E-state index in [0.717, 1.165) is 38.5 Å². The second-order valence-corrected chi connectivity index (χ2v) is 6.78. The summed E-state index contributed by atoms with van der Waals surface area (Å²) in [6.45, 7) is 2.20. The van der Waals surface area contributed by atoms with Crippen LogP contribution in [0.5, 0.6) is 0 Å². The molecule has 3 nitrogen and oxygen atoms in total. The molecule has 0 radical (unpaired) electrons. The Labute approximate surface area is 143 Å². The molecule has 23 heavy (non-hydrogen) atoms. The molecule has 0 rings (SSSR count). The van der Waals surface area contributed by atoms with Crippen molar-refractivity contribution in [1.29, 1.82) is 0 Å². The van der Waals surface area contributed by atoms with Gasteiger partial charge in [0, 0.05) is 19.3 Å². The van der Waals surface area contributed by atoms with E-state index in [2.05, 4.69) is 6.92 Å². The van der Waals surface area contributed by atoms with Crippen LogP contribution in [0, 0.1) is 0 Å². The number of ketones is 1. The van der Waals surface area contributed by atoms with Crippen molar-refractivity contribution in [2.45, 2.75) is 116 Å². The molecule has 0 heterocycles. The van der Waals surface area contributed by atoms with Gasteiger partial charge in [-0.2, -0.15) is 0 Å². The number of carbonyl (C=O) groups excluding carboxylic acids is 1. The lowest BCUT2D eigenvalue weighted by Crippen LogP contribution is -1.97. The van der Waals surface area contributed by atoms with Crippen LogP contribution in [0.3, 0.4) is 0 Å². The van der Waals surface area contributed by atoms with Gasteiger partial charge in [-0.25, -0.2) is 0 Å². The minimum Gasteiger partial charge on any atom is -0.481 e. The van der Waals surface area contributed by atoms with Gasteiger partial charge in [0.05, 0.1) is 0 Å². The molecule has 0 aromatic carbocycles. The molecule has 0 aliphatic carbocycles. The number of hydrogen-bond acceptors (Lipinski definition) is 2. The Balaban J connectivity index is 3.12. The van der Waals surface area contributed by atoms with Crippen LogP contribution in [-0.2, 0) is 9.59 Å². The van der Waals surface area contributed by atoms with Crippen molar-refractivity contribution in [3.05, 3.63) is 0 Å². The molecule has 0 atom stereocenters. The van der Waals surface area contributed by atoms with E-state index in [0.29, 0.717) is 12.2 Å². The first-order valence-corrected chi connectivity index (χ1v) is 9.90. The van der Waals surface area contributed by atoms with Gasteiger partial charge in [-0.05, 0) is 19.3 Å². The highest BCUT2D eigenvalue weighted by atomic mass is 16.4. The van der Waals surface area contributed by atoms with Crippen molar-refractivity contribution in [3.8, 4) is 0 Å².